The van der Waals surface area contributed by atoms with Gasteiger partial charge in [-0.1, -0.05) is 6.42 Å². The van der Waals surface area contributed by atoms with Gasteiger partial charge in [-0.25, -0.2) is 0 Å². The van der Waals surface area contributed by atoms with Crippen LogP contribution in [0.5, 0.6) is 0 Å². The molecular weight excluding hydrogens is 427 g/mol. The average Bonchev–Trinajstić information content (AvgIpc) is 3.27. The number of aliphatic imine (C=N–C) groups is 1. The first-order valence-corrected chi connectivity index (χ1v) is 10.0. The third kappa shape index (κ3) is 3.68. The van der Waals surface area contributed by atoms with E-state index in [0.29, 0.717) is 29.6 Å². The molecule has 0 amide bonds. The number of guanidine groups is 1. The van der Waals surface area contributed by atoms with Crippen molar-refractivity contribution in [2.75, 3.05) is 20.2 Å². The first-order valence-electron chi connectivity index (χ1n) is 10.0. The number of likely N-dealkylation sites (tertiary alicyclic amines) is 1. The van der Waals surface area contributed by atoms with Gasteiger partial charge in [0.05, 0.1) is 6.10 Å². The van der Waals surface area contributed by atoms with Crippen LogP contribution in [0.2, 0.25) is 0 Å². The lowest BCUT2D eigenvalue weighted by molar-refractivity contribution is -0.168. The van der Waals surface area contributed by atoms with Gasteiger partial charge < -0.3 is 15.4 Å². The van der Waals surface area contributed by atoms with E-state index in [4.69, 9.17) is 4.74 Å². The van der Waals surface area contributed by atoms with Crippen LogP contribution in [0.3, 0.4) is 0 Å². The molecule has 0 aromatic carbocycles. The number of halogens is 1. The highest BCUT2D eigenvalue weighted by Gasteiger charge is 2.59. The number of ether oxygens (including phenoxy) is 1. The van der Waals surface area contributed by atoms with Gasteiger partial charge in [-0.2, -0.15) is 0 Å². The molecule has 144 valence electrons. The second-order valence-corrected chi connectivity index (χ2v) is 8.39. The summed E-state index contributed by atoms with van der Waals surface area (Å²) >= 11 is 0. The van der Waals surface area contributed by atoms with Crippen molar-refractivity contribution < 1.29 is 4.74 Å². The molecule has 1 aliphatic heterocycles. The third-order valence-corrected chi connectivity index (χ3v) is 6.95. The summed E-state index contributed by atoms with van der Waals surface area (Å²) in [5.41, 5.74) is 0.386. The van der Waals surface area contributed by atoms with Gasteiger partial charge in [-0.05, 0) is 52.4 Å². The second kappa shape index (κ2) is 7.89. The highest BCUT2D eigenvalue weighted by molar-refractivity contribution is 14.0. The number of nitrogens with zero attached hydrogens (tertiary/aromatic N) is 2. The Morgan fingerprint density at radius 2 is 2.00 bits per heavy atom. The van der Waals surface area contributed by atoms with Crippen molar-refractivity contribution >= 4 is 29.9 Å². The van der Waals surface area contributed by atoms with Gasteiger partial charge in [0.1, 0.15) is 0 Å². The Balaban J connectivity index is 0.00000182. The molecule has 2 N–H and O–H groups in total. The summed E-state index contributed by atoms with van der Waals surface area (Å²) in [5, 5.41) is 7.42. The standard InChI is InChI=1S/C19H34N4O.HI/c1-4-24-17-11-16(19(17)8-5-9-19)22-18(20-3)21-14-10-13(2)23(12-14)15-6-7-15;/h13-17H,4-12H2,1-3H3,(H2,20,21,22);1H. The summed E-state index contributed by atoms with van der Waals surface area (Å²) in [6, 6.07) is 2.63. The summed E-state index contributed by atoms with van der Waals surface area (Å²) in [6.45, 7) is 6.49. The second-order valence-electron chi connectivity index (χ2n) is 8.39. The monoisotopic (exact) mass is 462 g/mol. The molecule has 1 spiro atoms. The van der Waals surface area contributed by atoms with Crippen LogP contribution in [0.4, 0.5) is 0 Å². The van der Waals surface area contributed by atoms with E-state index in [-0.39, 0.29) is 24.0 Å². The zero-order chi connectivity index (χ0) is 16.7. The Bertz CT molecular complexity index is 492. The highest BCUT2D eigenvalue weighted by atomic mass is 127. The van der Waals surface area contributed by atoms with Gasteiger partial charge in [0.15, 0.2) is 5.96 Å². The smallest absolute Gasteiger partial charge is 0.191 e. The Morgan fingerprint density at radius 1 is 1.24 bits per heavy atom. The lowest BCUT2D eigenvalue weighted by atomic mass is 9.51. The molecule has 3 saturated carbocycles. The van der Waals surface area contributed by atoms with Crippen LogP contribution in [0.25, 0.3) is 0 Å². The van der Waals surface area contributed by atoms with Gasteiger partial charge >= 0.3 is 0 Å². The largest absolute Gasteiger partial charge is 0.378 e. The van der Waals surface area contributed by atoms with E-state index in [1.54, 1.807) is 0 Å². The van der Waals surface area contributed by atoms with Gasteiger partial charge in [-0.3, -0.25) is 9.89 Å². The van der Waals surface area contributed by atoms with Crippen molar-refractivity contribution in [3.05, 3.63) is 0 Å². The molecule has 1 saturated heterocycles. The molecule has 4 atom stereocenters. The van der Waals surface area contributed by atoms with Crippen molar-refractivity contribution in [1.29, 1.82) is 0 Å². The summed E-state index contributed by atoms with van der Waals surface area (Å²) in [6.07, 6.45) is 9.58. The summed E-state index contributed by atoms with van der Waals surface area (Å²) < 4.78 is 5.97. The quantitative estimate of drug-likeness (QED) is 0.375. The van der Waals surface area contributed by atoms with E-state index in [2.05, 4.69) is 34.4 Å². The van der Waals surface area contributed by atoms with E-state index in [9.17, 15) is 0 Å². The predicted octanol–water partition coefficient (Wildman–Crippen LogP) is 2.74. The minimum Gasteiger partial charge on any atom is -0.378 e. The molecule has 0 bridgehead atoms. The molecule has 5 nitrogen and oxygen atoms in total. The molecule has 25 heavy (non-hydrogen) atoms. The minimum absolute atomic E-state index is 0. The maximum Gasteiger partial charge on any atom is 0.191 e. The zero-order valence-electron chi connectivity index (χ0n) is 16.0. The van der Waals surface area contributed by atoms with E-state index in [1.165, 1.54) is 45.1 Å². The minimum atomic E-state index is 0. The molecule has 4 fully saturated rings. The number of rotatable bonds is 5. The predicted molar refractivity (Wildman–Crippen MR) is 113 cm³/mol. The van der Waals surface area contributed by atoms with E-state index in [1.807, 2.05) is 7.05 Å². The average molecular weight is 462 g/mol. The van der Waals surface area contributed by atoms with Crippen LogP contribution in [-0.4, -0.2) is 61.3 Å². The van der Waals surface area contributed by atoms with Crippen LogP contribution in [0, 0.1) is 5.41 Å². The first kappa shape index (κ1) is 19.7. The van der Waals surface area contributed by atoms with Gasteiger partial charge in [0.2, 0.25) is 0 Å². The highest BCUT2D eigenvalue weighted by Crippen LogP contribution is 2.57. The summed E-state index contributed by atoms with van der Waals surface area (Å²) in [5.74, 6) is 0.996. The Morgan fingerprint density at radius 3 is 2.56 bits per heavy atom. The van der Waals surface area contributed by atoms with Crippen molar-refractivity contribution in [1.82, 2.24) is 15.5 Å². The molecule has 3 aliphatic carbocycles. The summed E-state index contributed by atoms with van der Waals surface area (Å²) in [4.78, 5) is 7.20. The van der Waals surface area contributed by atoms with E-state index in [0.717, 1.165) is 25.0 Å². The van der Waals surface area contributed by atoms with Crippen LogP contribution in [-0.2, 0) is 4.74 Å². The normalized spacial score (nSPS) is 37.2. The maximum atomic E-state index is 5.97. The fraction of sp³-hybridized carbons (Fsp3) is 0.947. The van der Waals surface area contributed by atoms with Crippen LogP contribution in [0.15, 0.2) is 4.99 Å². The van der Waals surface area contributed by atoms with Crippen molar-refractivity contribution in [2.24, 2.45) is 10.4 Å². The van der Waals surface area contributed by atoms with Gasteiger partial charge in [0.25, 0.3) is 0 Å². The first-order chi connectivity index (χ1) is 11.7. The topological polar surface area (TPSA) is 48.9 Å². The molecule has 0 aromatic rings. The zero-order valence-corrected chi connectivity index (χ0v) is 18.3. The number of hydrogen-bond donors (Lipinski definition) is 2. The molecule has 4 aliphatic rings. The lowest BCUT2D eigenvalue weighted by Crippen LogP contribution is -2.69. The molecule has 6 heteroatoms. The fourth-order valence-corrected chi connectivity index (χ4v) is 5.25. The van der Waals surface area contributed by atoms with Crippen molar-refractivity contribution in [3.8, 4) is 0 Å². The van der Waals surface area contributed by atoms with Crippen LogP contribution < -0.4 is 10.6 Å². The fourth-order valence-electron chi connectivity index (χ4n) is 5.25. The van der Waals surface area contributed by atoms with Crippen LogP contribution in [0.1, 0.15) is 58.8 Å². The Labute approximate surface area is 169 Å². The van der Waals surface area contributed by atoms with Gasteiger partial charge in [-0.15, -0.1) is 24.0 Å². The van der Waals surface area contributed by atoms with Crippen molar-refractivity contribution in [3.63, 3.8) is 0 Å². The molecule has 4 rings (SSSR count). The summed E-state index contributed by atoms with van der Waals surface area (Å²) in [7, 11) is 1.90. The van der Waals surface area contributed by atoms with E-state index >= 15 is 0 Å². The van der Waals surface area contributed by atoms with Crippen LogP contribution >= 0.6 is 24.0 Å². The molecule has 0 radical (unpaired) electrons. The molecular formula is C19H35IN4O. The Hall–Kier alpha value is -0.0800. The molecule has 0 aromatic heterocycles. The van der Waals surface area contributed by atoms with E-state index < -0.39 is 0 Å². The number of nitrogens with one attached hydrogen (secondary N) is 2. The SMILES string of the molecule is CCOC1CC(NC(=NC)NC2CC(C)N(C3CC3)C2)C12CCC2.I. The van der Waals surface area contributed by atoms with Crippen molar-refractivity contribution in [2.45, 2.75) is 89.1 Å². The Kier molecular flexibility index (Phi) is 6.21. The van der Waals surface area contributed by atoms with Gasteiger partial charge in [0, 0.05) is 49.8 Å². The lowest BCUT2D eigenvalue weighted by Gasteiger charge is -2.61. The number of hydrogen-bond acceptors (Lipinski definition) is 3. The maximum absolute atomic E-state index is 5.97. The third-order valence-electron chi connectivity index (χ3n) is 6.95. The molecule has 4 unspecified atom stereocenters. The molecule has 1 heterocycles.